The molecule has 6 heteroatoms. The molecular formula is C21H17N3O3. The minimum Gasteiger partial charge on any atom is -0.493 e. The van der Waals surface area contributed by atoms with Gasteiger partial charge in [-0.05, 0) is 23.6 Å². The first-order chi connectivity index (χ1) is 13.1. The summed E-state index contributed by atoms with van der Waals surface area (Å²) in [5, 5.41) is 2.54. The van der Waals surface area contributed by atoms with Gasteiger partial charge >= 0.3 is 0 Å². The molecule has 0 bridgehead atoms. The van der Waals surface area contributed by atoms with Crippen LogP contribution in [0.5, 0.6) is 11.5 Å². The molecule has 4 aromatic rings. The van der Waals surface area contributed by atoms with Gasteiger partial charge < -0.3 is 15.2 Å². The number of carbonyl (C=O) groups excluding carboxylic acids is 1. The molecule has 0 atom stereocenters. The van der Waals surface area contributed by atoms with Crippen LogP contribution in [0.4, 0.5) is 5.82 Å². The molecule has 0 amide bonds. The SMILES string of the molecule is COc1cc2ncc3c(N)nc(-c4cccc(C=O)c4)cc3c2cc1OC. The molecule has 0 spiro atoms. The molecule has 6 nitrogen and oxygen atoms in total. The first-order valence-corrected chi connectivity index (χ1v) is 8.31. The van der Waals surface area contributed by atoms with Crippen LogP contribution in [0, 0.1) is 0 Å². The van der Waals surface area contributed by atoms with Gasteiger partial charge in [0, 0.05) is 34.2 Å². The number of ether oxygens (including phenoxy) is 2. The minimum atomic E-state index is 0.378. The monoisotopic (exact) mass is 359 g/mol. The smallest absolute Gasteiger partial charge is 0.162 e. The third kappa shape index (κ3) is 2.81. The number of aromatic nitrogens is 2. The number of benzene rings is 2. The van der Waals surface area contributed by atoms with Crippen molar-refractivity contribution >= 4 is 33.8 Å². The number of aldehydes is 1. The van der Waals surface area contributed by atoms with Gasteiger partial charge in [-0.2, -0.15) is 0 Å². The van der Waals surface area contributed by atoms with Crippen molar-refractivity contribution in [3.63, 3.8) is 0 Å². The van der Waals surface area contributed by atoms with Crippen molar-refractivity contribution in [2.45, 2.75) is 0 Å². The summed E-state index contributed by atoms with van der Waals surface area (Å²) in [5.74, 6) is 1.60. The van der Waals surface area contributed by atoms with Gasteiger partial charge in [-0.15, -0.1) is 0 Å². The predicted molar refractivity (Wildman–Crippen MR) is 105 cm³/mol. The molecule has 27 heavy (non-hydrogen) atoms. The molecule has 134 valence electrons. The zero-order valence-electron chi connectivity index (χ0n) is 14.9. The summed E-state index contributed by atoms with van der Waals surface area (Å²) in [6, 6.07) is 12.9. The third-order valence-electron chi connectivity index (χ3n) is 4.53. The zero-order chi connectivity index (χ0) is 19.0. The van der Waals surface area contributed by atoms with E-state index in [0.29, 0.717) is 28.6 Å². The standard InChI is InChI=1S/C21H17N3O3/c1-26-19-8-15-14-7-17(13-5-3-4-12(6-13)11-25)24-21(22)16(14)10-23-18(15)9-20(19)27-2/h3-11H,1-2H3,(H2,22,24). The number of fused-ring (bicyclic) bond motifs is 3. The molecule has 0 saturated heterocycles. The highest BCUT2D eigenvalue weighted by atomic mass is 16.5. The molecular weight excluding hydrogens is 342 g/mol. The number of nitrogen functional groups attached to an aromatic ring is 1. The van der Waals surface area contributed by atoms with Crippen molar-refractivity contribution < 1.29 is 14.3 Å². The molecule has 0 radical (unpaired) electrons. The predicted octanol–water partition coefficient (Wildman–Crippen LogP) is 3.86. The fraction of sp³-hybridized carbons (Fsp3) is 0.0952. The lowest BCUT2D eigenvalue weighted by Crippen LogP contribution is -1.97. The number of carbonyl (C=O) groups is 1. The van der Waals surface area contributed by atoms with Gasteiger partial charge in [-0.1, -0.05) is 18.2 Å². The molecule has 0 unspecified atom stereocenters. The van der Waals surface area contributed by atoms with Crippen molar-refractivity contribution in [3.05, 3.63) is 54.2 Å². The van der Waals surface area contributed by atoms with Crippen LogP contribution in [-0.2, 0) is 0 Å². The summed E-state index contributed by atoms with van der Waals surface area (Å²) in [4.78, 5) is 20.1. The Hall–Kier alpha value is -3.67. The van der Waals surface area contributed by atoms with Crippen molar-refractivity contribution in [1.82, 2.24) is 9.97 Å². The highest BCUT2D eigenvalue weighted by Crippen LogP contribution is 2.36. The lowest BCUT2D eigenvalue weighted by Gasteiger charge is -2.12. The van der Waals surface area contributed by atoms with E-state index in [-0.39, 0.29) is 0 Å². The Bertz CT molecular complexity index is 1190. The Labute approximate surface area is 155 Å². The topological polar surface area (TPSA) is 87.3 Å². The van der Waals surface area contributed by atoms with Crippen LogP contribution in [0.2, 0.25) is 0 Å². The van der Waals surface area contributed by atoms with Crippen LogP contribution in [0.1, 0.15) is 10.4 Å². The first-order valence-electron chi connectivity index (χ1n) is 8.31. The number of nitrogens with zero attached hydrogens (tertiary/aromatic N) is 2. The van der Waals surface area contributed by atoms with E-state index in [9.17, 15) is 4.79 Å². The normalized spacial score (nSPS) is 10.9. The van der Waals surface area contributed by atoms with Gasteiger partial charge in [-0.25, -0.2) is 4.98 Å². The van der Waals surface area contributed by atoms with E-state index in [4.69, 9.17) is 15.2 Å². The minimum absolute atomic E-state index is 0.378. The first kappa shape index (κ1) is 16.8. The molecule has 2 aromatic carbocycles. The Morgan fingerprint density at radius 3 is 2.48 bits per heavy atom. The van der Waals surface area contributed by atoms with Gasteiger partial charge in [0.2, 0.25) is 0 Å². The molecule has 0 aliphatic carbocycles. The van der Waals surface area contributed by atoms with E-state index in [1.165, 1.54) is 0 Å². The van der Waals surface area contributed by atoms with Gasteiger partial charge in [0.15, 0.2) is 11.5 Å². The summed E-state index contributed by atoms with van der Waals surface area (Å²) >= 11 is 0. The lowest BCUT2D eigenvalue weighted by molar-refractivity contribution is 0.112. The van der Waals surface area contributed by atoms with Crippen molar-refractivity contribution in [2.24, 2.45) is 0 Å². The molecule has 4 rings (SSSR count). The highest BCUT2D eigenvalue weighted by molar-refractivity contribution is 6.10. The highest BCUT2D eigenvalue weighted by Gasteiger charge is 2.13. The average molecular weight is 359 g/mol. The van der Waals surface area contributed by atoms with Gasteiger partial charge in [-0.3, -0.25) is 9.78 Å². The van der Waals surface area contributed by atoms with Gasteiger partial charge in [0.05, 0.1) is 25.4 Å². The lowest BCUT2D eigenvalue weighted by atomic mass is 10.0. The summed E-state index contributed by atoms with van der Waals surface area (Å²) in [5.41, 5.74) is 9.05. The number of nitrogens with two attached hydrogens (primary N) is 1. The third-order valence-corrected chi connectivity index (χ3v) is 4.53. The van der Waals surface area contributed by atoms with Gasteiger partial charge in [0.1, 0.15) is 12.1 Å². The maximum atomic E-state index is 11.1. The van der Waals surface area contributed by atoms with Crippen LogP contribution in [0.25, 0.3) is 32.9 Å². The number of hydrogen-bond donors (Lipinski definition) is 1. The average Bonchev–Trinajstić information content (AvgIpc) is 2.72. The van der Waals surface area contributed by atoms with E-state index < -0.39 is 0 Å². The Kier molecular flexibility index (Phi) is 4.08. The van der Waals surface area contributed by atoms with E-state index in [0.717, 1.165) is 33.5 Å². The van der Waals surface area contributed by atoms with E-state index in [1.807, 2.05) is 30.3 Å². The van der Waals surface area contributed by atoms with Crippen molar-refractivity contribution in [3.8, 4) is 22.8 Å². The van der Waals surface area contributed by atoms with Crippen LogP contribution in [-0.4, -0.2) is 30.5 Å². The second-order valence-corrected chi connectivity index (χ2v) is 6.08. The molecule has 0 aliphatic heterocycles. The molecule has 2 N–H and O–H groups in total. The number of hydrogen-bond acceptors (Lipinski definition) is 6. The van der Waals surface area contributed by atoms with Crippen LogP contribution >= 0.6 is 0 Å². The van der Waals surface area contributed by atoms with Crippen molar-refractivity contribution in [2.75, 3.05) is 20.0 Å². The fourth-order valence-corrected chi connectivity index (χ4v) is 3.18. The summed E-state index contributed by atoms with van der Waals surface area (Å²) in [7, 11) is 3.18. The summed E-state index contributed by atoms with van der Waals surface area (Å²) in [6.45, 7) is 0. The van der Waals surface area contributed by atoms with E-state index >= 15 is 0 Å². The second kappa shape index (κ2) is 6.57. The fourth-order valence-electron chi connectivity index (χ4n) is 3.18. The van der Waals surface area contributed by atoms with Crippen LogP contribution < -0.4 is 15.2 Å². The Morgan fingerprint density at radius 1 is 0.963 bits per heavy atom. The Balaban J connectivity index is 2.03. The van der Waals surface area contributed by atoms with Crippen molar-refractivity contribution in [1.29, 1.82) is 0 Å². The van der Waals surface area contributed by atoms with Gasteiger partial charge in [0.25, 0.3) is 0 Å². The van der Waals surface area contributed by atoms with E-state index in [1.54, 1.807) is 32.5 Å². The second-order valence-electron chi connectivity index (χ2n) is 6.08. The molecule has 2 heterocycles. The summed E-state index contributed by atoms with van der Waals surface area (Å²) in [6.07, 6.45) is 2.52. The molecule has 0 aliphatic rings. The number of methoxy groups -OCH3 is 2. The van der Waals surface area contributed by atoms with Crippen LogP contribution in [0.15, 0.2) is 48.7 Å². The van der Waals surface area contributed by atoms with Crippen LogP contribution in [0.3, 0.4) is 0 Å². The van der Waals surface area contributed by atoms with E-state index in [2.05, 4.69) is 9.97 Å². The maximum absolute atomic E-state index is 11.1. The number of rotatable bonds is 4. The zero-order valence-corrected chi connectivity index (χ0v) is 14.9. The summed E-state index contributed by atoms with van der Waals surface area (Å²) < 4.78 is 10.8. The molecule has 0 fully saturated rings. The quantitative estimate of drug-likeness (QED) is 0.440. The maximum Gasteiger partial charge on any atom is 0.162 e. The largest absolute Gasteiger partial charge is 0.493 e. The molecule has 2 aromatic heterocycles. The Morgan fingerprint density at radius 2 is 1.74 bits per heavy atom. The number of anilines is 1. The number of pyridine rings is 2. The molecule has 0 saturated carbocycles.